The van der Waals surface area contributed by atoms with Crippen LogP contribution < -0.4 is 10.6 Å². The van der Waals surface area contributed by atoms with Crippen molar-refractivity contribution in [2.24, 2.45) is 0 Å². The number of hydrogen-bond acceptors (Lipinski definition) is 4. The summed E-state index contributed by atoms with van der Waals surface area (Å²) in [6.45, 7) is 2.66. The van der Waals surface area contributed by atoms with Gasteiger partial charge in [0.25, 0.3) is 0 Å². The maximum absolute atomic E-state index is 12.3. The SMILES string of the molecule is Cl.O=C(NCC1(Sc2ccccc2)CCCC1)C1COCCN1. The largest absolute Gasteiger partial charge is 0.378 e. The lowest BCUT2D eigenvalue weighted by molar-refractivity contribution is -0.126. The van der Waals surface area contributed by atoms with Crippen LogP contribution in [-0.2, 0) is 9.53 Å². The third-order valence-electron chi connectivity index (χ3n) is 4.42. The Morgan fingerprint density at radius 2 is 2.04 bits per heavy atom. The van der Waals surface area contributed by atoms with E-state index >= 15 is 0 Å². The fraction of sp³-hybridized carbons (Fsp3) is 0.588. The molecule has 1 heterocycles. The van der Waals surface area contributed by atoms with Gasteiger partial charge in [0.05, 0.1) is 13.2 Å². The van der Waals surface area contributed by atoms with E-state index in [1.807, 2.05) is 17.8 Å². The summed E-state index contributed by atoms with van der Waals surface area (Å²) in [6, 6.07) is 10.3. The summed E-state index contributed by atoms with van der Waals surface area (Å²) in [5, 5.41) is 6.37. The van der Waals surface area contributed by atoms with Gasteiger partial charge in [-0.15, -0.1) is 24.2 Å². The van der Waals surface area contributed by atoms with E-state index in [1.165, 1.54) is 30.6 Å². The van der Waals surface area contributed by atoms with Gasteiger partial charge < -0.3 is 15.4 Å². The highest BCUT2D eigenvalue weighted by Gasteiger charge is 2.36. The van der Waals surface area contributed by atoms with Crippen LogP contribution in [0.2, 0.25) is 0 Å². The van der Waals surface area contributed by atoms with E-state index in [0.29, 0.717) is 13.2 Å². The first-order valence-electron chi connectivity index (χ1n) is 8.10. The molecule has 0 bridgehead atoms. The molecule has 0 radical (unpaired) electrons. The molecule has 6 heteroatoms. The smallest absolute Gasteiger partial charge is 0.239 e. The van der Waals surface area contributed by atoms with Gasteiger partial charge in [-0.05, 0) is 25.0 Å². The first-order valence-corrected chi connectivity index (χ1v) is 8.92. The Bertz CT molecular complexity index is 489. The van der Waals surface area contributed by atoms with Crippen molar-refractivity contribution >= 4 is 30.1 Å². The number of carbonyl (C=O) groups is 1. The lowest BCUT2D eigenvalue weighted by Gasteiger charge is -2.30. The lowest BCUT2D eigenvalue weighted by Crippen LogP contribution is -2.53. The molecule has 23 heavy (non-hydrogen) atoms. The molecule has 0 spiro atoms. The molecule has 2 N–H and O–H groups in total. The topological polar surface area (TPSA) is 50.4 Å². The van der Waals surface area contributed by atoms with Crippen molar-refractivity contribution in [3.05, 3.63) is 30.3 Å². The second-order valence-corrected chi connectivity index (χ2v) is 7.65. The van der Waals surface area contributed by atoms with Crippen molar-refractivity contribution in [3.8, 4) is 0 Å². The van der Waals surface area contributed by atoms with Gasteiger partial charge in [0.15, 0.2) is 0 Å². The normalized spacial score (nSPS) is 23.0. The quantitative estimate of drug-likeness (QED) is 0.851. The zero-order chi connectivity index (χ0) is 15.3. The average molecular weight is 357 g/mol. The molecule has 1 amide bonds. The average Bonchev–Trinajstić information content (AvgIpc) is 3.03. The number of ether oxygens (including phenoxy) is 1. The zero-order valence-electron chi connectivity index (χ0n) is 13.3. The van der Waals surface area contributed by atoms with Gasteiger partial charge in [0, 0.05) is 22.7 Å². The highest BCUT2D eigenvalue weighted by Crippen LogP contribution is 2.44. The van der Waals surface area contributed by atoms with Crippen LogP contribution in [0.3, 0.4) is 0 Å². The summed E-state index contributed by atoms with van der Waals surface area (Å²) < 4.78 is 5.51. The van der Waals surface area contributed by atoms with Crippen LogP contribution in [0.5, 0.6) is 0 Å². The number of morpholine rings is 1. The molecule has 1 aromatic rings. The van der Waals surface area contributed by atoms with Crippen LogP contribution in [0.1, 0.15) is 25.7 Å². The van der Waals surface area contributed by atoms with Gasteiger partial charge in [0.2, 0.25) is 5.91 Å². The predicted octanol–water partition coefficient (Wildman–Crippen LogP) is 2.62. The van der Waals surface area contributed by atoms with Crippen LogP contribution >= 0.6 is 24.2 Å². The molecule has 1 atom stereocenters. The Balaban J connectivity index is 0.00000192. The Morgan fingerprint density at radius 3 is 2.70 bits per heavy atom. The summed E-state index contributed by atoms with van der Waals surface area (Å²) in [7, 11) is 0. The first kappa shape index (κ1) is 18.6. The molecule has 128 valence electrons. The summed E-state index contributed by atoms with van der Waals surface area (Å²) in [6.07, 6.45) is 4.84. The summed E-state index contributed by atoms with van der Waals surface area (Å²) in [5.74, 6) is 0.0691. The van der Waals surface area contributed by atoms with Crippen molar-refractivity contribution in [2.45, 2.75) is 41.4 Å². The minimum atomic E-state index is -0.200. The molecule has 2 aliphatic rings. The number of benzene rings is 1. The lowest BCUT2D eigenvalue weighted by atomic mass is 10.1. The minimum absolute atomic E-state index is 0. The third-order valence-corrected chi connectivity index (χ3v) is 5.91. The standard InChI is InChI=1S/C17H24N2O2S.ClH/c20-16(15-12-21-11-10-18-15)19-13-17(8-4-5-9-17)22-14-6-2-1-3-7-14;/h1-3,6-7,15,18H,4-5,8-13H2,(H,19,20);1H. The molecule has 1 saturated carbocycles. The minimum Gasteiger partial charge on any atom is -0.378 e. The van der Waals surface area contributed by atoms with Gasteiger partial charge in [0.1, 0.15) is 6.04 Å². The van der Waals surface area contributed by atoms with Gasteiger partial charge in [-0.25, -0.2) is 0 Å². The summed E-state index contributed by atoms with van der Waals surface area (Å²) in [4.78, 5) is 13.6. The van der Waals surface area contributed by atoms with E-state index in [2.05, 4.69) is 34.9 Å². The second kappa shape index (κ2) is 8.92. The third kappa shape index (κ3) is 5.11. The summed E-state index contributed by atoms with van der Waals surface area (Å²) in [5.41, 5.74) is 0. The van der Waals surface area contributed by atoms with Crippen LogP contribution in [0.15, 0.2) is 35.2 Å². The zero-order valence-corrected chi connectivity index (χ0v) is 14.9. The maximum atomic E-state index is 12.3. The number of carbonyl (C=O) groups excluding carboxylic acids is 1. The number of rotatable bonds is 5. The van der Waals surface area contributed by atoms with Crippen molar-refractivity contribution < 1.29 is 9.53 Å². The molecule has 2 fully saturated rings. The fourth-order valence-corrected chi connectivity index (χ4v) is 4.61. The van der Waals surface area contributed by atoms with Gasteiger partial charge in [-0.3, -0.25) is 4.79 Å². The molecule has 1 unspecified atom stereocenters. The summed E-state index contributed by atoms with van der Waals surface area (Å²) >= 11 is 1.92. The Kier molecular flexibility index (Phi) is 7.21. The molecule has 4 nitrogen and oxygen atoms in total. The Morgan fingerprint density at radius 1 is 1.30 bits per heavy atom. The Labute approximate surface area is 148 Å². The monoisotopic (exact) mass is 356 g/mol. The fourth-order valence-electron chi connectivity index (χ4n) is 3.18. The van der Waals surface area contributed by atoms with Crippen molar-refractivity contribution in [1.82, 2.24) is 10.6 Å². The second-order valence-electron chi connectivity index (χ2n) is 6.10. The molecule has 1 aromatic carbocycles. The van der Waals surface area contributed by atoms with Crippen LogP contribution in [-0.4, -0.2) is 43.0 Å². The molecule has 1 saturated heterocycles. The highest BCUT2D eigenvalue weighted by atomic mass is 35.5. The molecular weight excluding hydrogens is 332 g/mol. The van der Waals surface area contributed by atoms with E-state index in [9.17, 15) is 4.79 Å². The van der Waals surface area contributed by atoms with Crippen LogP contribution in [0, 0.1) is 0 Å². The van der Waals surface area contributed by atoms with Crippen LogP contribution in [0.25, 0.3) is 0 Å². The van der Waals surface area contributed by atoms with E-state index in [4.69, 9.17) is 4.74 Å². The predicted molar refractivity (Wildman–Crippen MR) is 96.4 cm³/mol. The van der Waals surface area contributed by atoms with E-state index in [1.54, 1.807) is 0 Å². The number of thioether (sulfide) groups is 1. The molecule has 1 aliphatic carbocycles. The maximum Gasteiger partial charge on any atom is 0.239 e. The molecular formula is C17H25ClN2O2S. The highest BCUT2D eigenvalue weighted by molar-refractivity contribution is 8.00. The van der Waals surface area contributed by atoms with Crippen molar-refractivity contribution in [3.63, 3.8) is 0 Å². The number of halogens is 1. The van der Waals surface area contributed by atoms with E-state index in [-0.39, 0.29) is 29.1 Å². The van der Waals surface area contributed by atoms with E-state index in [0.717, 1.165) is 13.1 Å². The molecule has 0 aromatic heterocycles. The molecule has 1 aliphatic heterocycles. The number of hydrogen-bond donors (Lipinski definition) is 2. The first-order chi connectivity index (χ1) is 10.8. The van der Waals surface area contributed by atoms with E-state index < -0.39 is 0 Å². The van der Waals surface area contributed by atoms with Crippen LogP contribution in [0.4, 0.5) is 0 Å². The van der Waals surface area contributed by atoms with Gasteiger partial charge in [-0.2, -0.15) is 0 Å². The van der Waals surface area contributed by atoms with Crippen molar-refractivity contribution in [1.29, 1.82) is 0 Å². The number of amides is 1. The van der Waals surface area contributed by atoms with Crippen molar-refractivity contribution in [2.75, 3.05) is 26.3 Å². The van der Waals surface area contributed by atoms with Gasteiger partial charge in [-0.1, -0.05) is 31.0 Å². The van der Waals surface area contributed by atoms with Gasteiger partial charge >= 0.3 is 0 Å². The Hall–Kier alpha value is -0.750. The number of nitrogens with one attached hydrogen (secondary N) is 2. The molecule has 3 rings (SSSR count).